The fourth-order valence-corrected chi connectivity index (χ4v) is 3.18. The first-order valence-electron chi connectivity index (χ1n) is 7.88. The summed E-state index contributed by atoms with van der Waals surface area (Å²) in [5.74, 6) is 1.20. The molecule has 1 aromatic rings. The maximum absolute atomic E-state index is 12.5. The van der Waals surface area contributed by atoms with Crippen molar-refractivity contribution in [3.05, 3.63) is 17.5 Å². The third kappa shape index (κ3) is 4.26. The second-order valence-corrected chi connectivity index (χ2v) is 7.86. The highest BCUT2D eigenvalue weighted by molar-refractivity contribution is 7.98. The van der Waals surface area contributed by atoms with Crippen LogP contribution in [0.5, 0.6) is 0 Å². The molecule has 1 aromatic heterocycles. The van der Waals surface area contributed by atoms with E-state index in [1.54, 1.807) is 11.8 Å². The number of rotatable bonds is 7. The van der Waals surface area contributed by atoms with E-state index in [2.05, 4.69) is 31.2 Å². The number of aromatic nitrogens is 2. The van der Waals surface area contributed by atoms with Crippen LogP contribution in [0, 0.1) is 0 Å². The van der Waals surface area contributed by atoms with E-state index < -0.39 is 0 Å². The number of carbonyl (C=O) groups is 1. The number of nitrogens with zero attached hydrogens (tertiary/aromatic N) is 2. The van der Waals surface area contributed by atoms with Crippen LogP contribution in [0.25, 0.3) is 0 Å². The molecule has 1 unspecified atom stereocenters. The lowest BCUT2D eigenvalue weighted by Gasteiger charge is -2.22. The molecule has 22 heavy (non-hydrogen) atoms. The molecule has 5 nitrogen and oxygen atoms in total. The van der Waals surface area contributed by atoms with Gasteiger partial charge in [0.05, 0.1) is 5.54 Å². The first-order chi connectivity index (χ1) is 10.4. The van der Waals surface area contributed by atoms with Gasteiger partial charge in [-0.1, -0.05) is 0 Å². The molecule has 0 aliphatic heterocycles. The van der Waals surface area contributed by atoms with Crippen molar-refractivity contribution >= 4 is 17.7 Å². The highest BCUT2D eigenvalue weighted by Crippen LogP contribution is 2.41. The van der Waals surface area contributed by atoms with Gasteiger partial charge < -0.3 is 10.4 Å². The highest BCUT2D eigenvalue weighted by Gasteiger charge is 2.32. The van der Waals surface area contributed by atoms with Gasteiger partial charge in [0.15, 0.2) is 0 Å². The quantitative estimate of drug-likeness (QED) is 0.807. The zero-order valence-corrected chi connectivity index (χ0v) is 14.7. The van der Waals surface area contributed by atoms with Gasteiger partial charge in [0.25, 0.3) is 5.91 Å². The summed E-state index contributed by atoms with van der Waals surface area (Å²) in [5, 5.41) is 16.6. The lowest BCUT2D eigenvalue weighted by molar-refractivity contribution is 0.0928. The van der Waals surface area contributed by atoms with Crippen molar-refractivity contribution in [2.24, 2.45) is 0 Å². The first-order valence-corrected chi connectivity index (χ1v) is 9.27. The van der Waals surface area contributed by atoms with E-state index in [-0.39, 0.29) is 24.1 Å². The number of thioether (sulfide) groups is 1. The van der Waals surface area contributed by atoms with E-state index >= 15 is 0 Å². The van der Waals surface area contributed by atoms with Crippen LogP contribution in [0.15, 0.2) is 6.07 Å². The van der Waals surface area contributed by atoms with Crippen molar-refractivity contribution in [2.45, 2.75) is 57.5 Å². The van der Waals surface area contributed by atoms with Crippen LogP contribution in [0.2, 0.25) is 0 Å². The van der Waals surface area contributed by atoms with Gasteiger partial charge in [-0.25, -0.2) is 0 Å². The summed E-state index contributed by atoms with van der Waals surface area (Å²) in [7, 11) is 0. The number of carbonyl (C=O) groups excluding carboxylic acids is 1. The summed E-state index contributed by atoms with van der Waals surface area (Å²) in [4.78, 5) is 12.5. The van der Waals surface area contributed by atoms with E-state index in [0.717, 1.165) is 5.75 Å². The summed E-state index contributed by atoms with van der Waals surface area (Å²) in [6, 6.07) is 1.92. The molecular formula is C16H27N3O2S. The zero-order chi connectivity index (χ0) is 16.3. The minimum absolute atomic E-state index is 0.0170. The van der Waals surface area contributed by atoms with Gasteiger partial charge in [0.2, 0.25) is 0 Å². The molecule has 0 bridgehead atoms. The number of hydrogen-bond acceptors (Lipinski definition) is 4. The maximum atomic E-state index is 12.5. The van der Waals surface area contributed by atoms with Gasteiger partial charge in [-0.05, 0) is 52.4 Å². The molecule has 6 heteroatoms. The molecule has 1 saturated carbocycles. The molecule has 2 rings (SSSR count). The van der Waals surface area contributed by atoms with E-state index in [0.29, 0.717) is 18.0 Å². The van der Waals surface area contributed by atoms with Crippen LogP contribution < -0.4 is 5.32 Å². The summed E-state index contributed by atoms with van der Waals surface area (Å²) in [6.07, 6.45) is 4.93. The Kier molecular flexibility index (Phi) is 5.55. The highest BCUT2D eigenvalue weighted by atomic mass is 32.2. The number of aliphatic hydroxyl groups is 1. The minimum atomic E-state index is -0.141. The molecule has 0 radical (unpaired) electrons. The Morgan fingerprint density at radius 2 is 2.23 bits per heavy atom. The van der Waals surface area contributed by atoms with Gasteiger partial charge in [0, 0.05) is 30.0 Å². The summed E-state index contributed by atoms with van der Waals surface area (Å²) in [5.41, 5.74) is 1.53. The van der Waals surface area contributed by atoms with Crippen molar-refractivity contribution in [2.75, 3.05) is 18.6 Å². The Morgan fingerprint density at radius 3 is 2.73 bits per heavy atom. The van der Waals surface area contributed by atoms with Crippen molar-refractivity contribution in [3.63, 3.8) is 0 Å². The summed E-state index contributed by atoms with van der Waals surface area (Å²) >= 11 is 1.66. The van der Waals surface area contributed by atoms with Gasteiger partial charge in [0.1, 0.15) is 5.69 Å². The summed E-state index contributed by atoms with van der Waals surface area (Å²) < 4.78 is 2.00. The molecule has 1 heterocycles. The predicted octanol–water partition coefficient (Wildman–Crippen LogP) is 2.36. The van der Waals surface area contributed by atoms with Crippen molar-refractivity contribution < 1.29 is 9.90 Å². The Bertz CT molecular complexity index is 512. The molecule has 0 spiro atoms. The normalized spacial score (nSPS) is 16.6. The molecule has 2 N–H and O–H groups in total. The largest absolute Gasteiger partial charge is 0.396 e. The molecule has 1 aliphatic carbocycles. The molecule has 124 valence electrons. The lowest BCUT2D eigenvalue weighted by Crippen LogP contribution is -2.37. The topological polar surface area (TPSA) is 67.2 Å². The number of aliphatic hydroxyl groups excluding tert-OH is 1. The third-order valence-corrected chi connectivity index (χ3v) is 4.52. The SMILES string of the molecule is CSCC(CCO)NC(=O)c1cc(C2CC2)n(C(C)(C)C)n1. The van der Waals surface area contributed by atoms with Crippen molar-refractivity contribution in [1.82, 2.24) is 15.1 Å². The smallest absolute Gasteiger partial charge is 0.272 e. The van der Waals surface area contributed by atoms with E-state index in [1.165, 1.54) is 18.5 Å². The van der Waals surface area contributed by atoms with Gasteiger partial charge >= 0.3 is 0 Å². The second-order valence-electron chi connectivity index (χ2n) is 6.95. The van der Waals surface area contributed by atoms with Crippen LogP contribution in [0.4, 0.5) is 0 Å². The van der Waals surface area contributed by atoms with Crippen LogP contribution >= 0.6 is 11.8 Å². The molecule has 0 saturated heterocycles. The fraction of sp³-hybridized carbons (Fsp3) is 0.750. The fourth-order valence-electron chi connectivity index (χ4n) is 2.53. The Labute approximate surface area is 136 Å². The van der Waals surface area contributed by atoms with Crippen molar-refractivity contribution in [3.8, 4) is 0 Å². The molecule has 1 fully saturated rings. The Morgan fingerprint density at radius 1 is 1.55 bits per heavy atom. The average Bonchev–Trinajstić information content (AvgIpc) is 3.16. The van der Waals surface area contributed by atoms with Gasteiger partial charge in [-0.15, -0.1) is 0 Å². The molecule has 1 atom stereocenters. The average molecular weight is 325 g/mol. The number of nitrogens with one attached hydrogen (secondary N) is 1. The monoisotopic (exact) mass is 325 g/mol. The van der Waals surface area contributed by atoms with Crippen molar-refractivity contribution in [1.29, 1.82) is 0 Å². The van der Waals surface area contributed by atoms with E-state index in [4.69, 9.17) is 5.11 Å². The van der Waals surface area contributed by atoms with Crippen LogP contribution in [0.1, 0.15) is 62.1 Å². The Balaban J connectivity index is 2.15. The number of amides is 1. The molecular weight excluding hydrogens is 298 g/mol. The Hall–Kier alpha value is -1.01. The molecule has 0 aromatic carbocycles. The molecule has 1 amide bonds. The maximum Gasteiger partial charge on any atom is 0.272 e. The molecule has 1 aliphatic rings. The standard InChI is InChI=1S/C16H27N3O2S/c1-16(2,3)19-14(11-5-6-11)9-13(18-19)15(21)17-12(7-8-20)10-22-4/h9,11-12,20H,5-8,10H2,1-4H3,(H,17,21). The zero-order valence-electron chi connectivity index (χ0n) is 13.9. The van der Waals surface area contributed by atoms with Crippen LogP contribution in [-0.4, -0.2) is 45.5 Å². The second kappa shape index (κ2) is 7.04. The lowest BCUT2D eigenvalue weighted by atomic mass is 10.1. The summed E-state index contributed by atoms with van der Waals surface area (Å²) in [6.45, 7) is 6.40. The van der Waals surface area contributed by atoms with Gasteiger partial charge in [-0.3, -0.25) is 9.48 Å². The first kappa shape index (κ1) is 17.3. The van der Waals surface area contributed by atoms with Crippen LogP contribution in [-0.2, 0) is 5.54 Å². The predicted molar refractivity (Wildman–Crippen MR) is 90.5 cm³/mol. The minimum Gasteiger partial charge on any atom is -0.396 e. The van der Waals surface area contributed by atoms with Crippen LogP contribution in [0.3, 0.4) is 0 Å². The van der Waals surface area contributed by atoms with E-state index in [1.807, 2.05) is 17.0 Å². The number of hydrogen-bond donors (Lipinski definition) is 2. The van der Waals surface area contributed by atoms with Gasteiger partial charge in [-0.2, -0.15) is 16.9 Å². The third-order valence-electron chi connectivity index (χ3n) is 3.78. The van der Waals surface area contributed by atoms with E-state index in [9.17, 15) is 4.79 Å².